The molecule has 2 aliphatic rings. The average Bonchev–Trinajstić information content (AvgIpc) is 2.85. The van der Waals surface area contributed by atoms with E-state index in [9.17, 15) is 14.3 Å². The van der Waals surface area contributed by atoms with Crippen molar-refractivity contribution in [1.82, 2.24) is 10.4 Å². The van der Waals surface area contributed by atoms with Crippen molar-refractivity contribution < 1.29 is 14.3 Å². The third-order valence-corrected chi connectivity index (χ3v) is 4.23. The van der Waals surface area contributed by atoms with Gasteiger partial charge in [-0.2, -0.15) is 4.99 Å². The molecule has 0 aliphatic carbocycles. The topological polar surface area (TPSA) is 64.9 Å². The van der Waals surface area contributed by atoms with Crippen molar-refractivity contribution in [3.63, 3.8) is 0 Å². The summed E-state index contributed by atoms with van der Waals surface area (Å²) in [6, 6.07) is 3.62. The standard InChI is InChI=1S/C14H14FN3O2S/c15-10-3-4-11(19)9(7-10)8-12-13(20)17-14(21-12)18-6-2-1-5-16-18/h3-4,7-8,16,19H,1-2,5-6H2. The van der Waals surface area contributed by atoms with Crippen molar-refractivity contribution >= 4 is 28.9 Å². The normalized spacial score (nSPS) is 21.0. The Hall–Kier alpha value is -1.86. The Labute approximate surface area is 125 Å². The number of nitrogens with zero attached hydrogens (tertiary/aromatic N) is 2. The fourth-order valence-electron chi connectivity index (χ4n) is 2.15. The Kier molecular flexibility index (Phi) is 3.94. The zero-order valence-corrected chi connectivity index (χ0v) is 12.0. The van der Waals surface area contributed by atoms with E-state index < -0.39 is 5.82 Å². The number of thioether (sulfide) groups is 1. The molecule has 0 radical (unpaired) electrons. The molecule has 1 saturated heterocycles. The molecule has 1 aromatic carbocycles. The van der Waals surface area contributed by atoms with Crippen LogP contribution < -0.4 is 5.43 Å². The SMILES string of the molecule is O=C1N=C(N2CCCCN2)SC1=Cc1cc(F)ccc1O. The van der Waals surface area contributed by atoms with E-state index in [1.165, 1.54) is 36.0 Å². The number of hydrogen-bond donors (Lipinski definition) is 2. The summed E-state index contributed by atoms with van der Waals surface area (Å²) in [6.45, 7) is 1.66. The number of hydrazine groups is 1. The van der Waals surface area contributed by atoms with Crippen LogP contribution in [-0.4, -0.2) is 34.3 Å². The van der Waals surface area contributed by atoms with E-state index in [2.05, 4.69) is 10.4 Å². The summed E-state index contributed by atoms with van der Waals surface area (Å²) in [5.74, 6) is -0.901. The molecule has 0 saturated carbocycles. The minimum Gasteiger partial charge on any atom is -0.507 e. The van der Waals surface area contributed by atoms with E-state index >= 15 is 0 Å². The van der Waals surface area contributed by atoms with E-state index in [0.717, 1.165) is 25.9 Å². The van der Waals surface area contributed by atoms with Gasteiger partial charge in [-0.25, -0.2) is 9.82 Å². The quantitative estimate of drug-likeness (QED) is 0.778. The van der Waals surface area contributed by atoms with Crippen LogP contribution in [0.15, 0.2) is 28.1 Å². The summed E-state index contributed by atoms with van der Waals surface area (Å²) in [6.07, 6.45) is 3.61. The minimum atomic E-state index is -0.464. The second kappa shape index (κ2) is 5.87. The van der Waals surface area contributed by atoms with Gasteiger partial charge in [0, 0.05) is 18.7 Å². The van der Waals surface area contributed by atoms with Crippen LogP contribution in [0, 0.1) is 5.82 Å². The predicted molar refractivity (Wildman–Crippen MR) is 80.0 cm³/mol. The van der Waals surface area contributed by atoms with Gasteiger partial charge in [0.25, 0.3) is 5.91 Å². The predicted octanol–water partition coefficient (Wildman–Crippen LogP) is 2.10. The van der Waals surface area contributed by atoms with E-state index in [1.807, 2.05) is 5.01 Å². The Bertz CT molecular complexity index is 639. The highest BCUT2D eigenvalue weighted by Crippen LogP contribution is 2.32. The van der Waals surface area contributed by atoms with Crippen LogP contribution in [0.1, 0.15) is 18.4 Å². The number of amides is 1. The number of hydrogen-bond acceptors (Lipinski definition) is 5. The fraction of sp³-hybridized carbons (Fsp3) is 0.286. The largest absolute Gasteiger partial charge is 0.507 e. The molecule has 0 atom stereocenters. The maximum absolute atomic E-state index is 13.2. The number of carbonyl (C=O) groups is 1. The number of carbonyl (C=O) groups excluding carboxylic acids is 1. The lowest BCUT2D eigenvalue weighted by atomic mass is 10.2. The Morgan fingerprint density at radius 2 is 2.29 bits per heavy atom. The number of rotatable bonds is 1. The number of phenols is 1. The highest BCUT2D eigenvalue weighted by Gasteiger charge is 2.27. The molecule has 3 rings (SSSR count). The van der Waals surface area contributed by atoms with Crippen LogP contribution in [0.4, 0.5) is 4.39 Å². The fourth-order valence-corrected chi connectivity index (χ4v) is 3.06. The van der Waals surface area contributed by atoms with Gasteiger partial charge in [-0.3, -0.25) is 9.80 Å². The number of amidine groups is 1. The van der Waals surface area contributed by atoms with Crippen molar-refractivity contribution in [2.24, 2.45) is 4.99 Å². The maximum Gasteiger partial charge on any atom is 0.286 e. The molecule has 1 amide bonds. The summed E-state index contributed by atoms with van der Waals surface area (Å²) < 4.78 is 13.2. The lowest BCUT2D eigenvalue weighted by Crippen LogP contribution is -2.45. The van der Waals surface area contributed by atoms with E-state index in [0.29, 0.717) is 10.1 Å². The molecule has 0 bridgehead atoms. The Morgan fingerprint density at radius 3 is 3.05 bits per heavy atom. The van der Waals surface area contributed by atoms with Gasteiger partial charge in [0.05, 0.1) is 4.91 Å². The molecule has 1 fully saturated rings. The lowest BCUT2D eigenvalue weighted by Gasteiger charge is -2.28. The molecule has 1 aromatic rings. The van der Waals surface area contributed by atoms with Gasteiger partial charge < -0.3 is 5.11 Å². The number of aliphatic imine (C=N–C) groups is 1. The molecule has 5 nitrogen and oxygen atoms in total. The Balaban J connectivity index is 1.80. The summed E-state index contributed by atoms with van der Waals surface area (Å²) in [7, 11) is 0. The Morgan fingerprint density at radius 1 is 1.43 bits per heavy atom. The first-order valence-corrected chi connectivity index (χ1v) is 7.47. The first-order chi connectivity index (χ1) is 10.1. The number of phenolic OH excluding ortho intramolecular Hbond substituents is 1. The van der Waals surface area contributed by atoms with Crippen LogP contribution >= 0.6 is 11.8 Å². The van der Waals surface area contributed by atoms with Gasteiger partial charge in [0.15, 0.2) is 5.17 Å². The first kappa shape index (κ1) is 14.1. The lowest BCUT2D eigenvalue weighted by molar-refractivity contribution is -0.113. The molecule has 0 aromatic heterocycles. The average molecular weight is 307 g/mol. The maximum atomic E-state index is 13.2. The molecule has 110 valence electrons. The summed E-state index contributed by atoms with van der Waals surface area (Å²) >= 11 is 1.23. The van der Waals surface area contributed by atoms with Gasteiger partial charge in [-0.1, -0.05) is 0 Å². The van der Waals surface area contributed by atoms with E-state index in [1.54, 1.807) is 0 Å². The van der Waals surface area contributed by atoms with Gasteiger partial charge in [-0.15, -0.1) is 0 Å². The molecular formula is C14H14FN3O2S. The second-order valence-electron chi connectivity index (χ2n) is 4.78. The molecule has 7 heteroatoms. The number of benzene rings is 1. The monoisotopic (exact) mass is 307 g/mol. The molecule has 0 spiro atoms. The van der Waals surface area contributed by atoms with Crippen molar-refractivity contribution in [2.45, 2.75) is 12.8 Å². The summed E-state index contributed by atoms with van der Waals surface area (Å²) in [5.41, 5.74) is 3.45. The molecule has 2 heterocycles. The number of halogens is 1. The zero-order valence-electron chi connectivity index (χ0n) is 11.2. The number of aromatic hydroxyl groups is 1. The molecule has 2 N–H and O–H groups in total. The van der Waals surface area contributed by atoms with Crippen LogP contribution in [-0.2, 0) is 4.79 Å². The van der Waals surface area contributed by atoms with Crippen LogP contribution in [0.2, 0.25) is 0 Å². The van der Waals surface area contributed by atoms with Crippen molar-refractivity contribution in [1.29, 1.82) is 0 Å². The molecular weight excluding hydrogens is 293 g/mol. The third kappa shape index (κ3) is 3.08. The summed E-state index contributed by atoms with van der Waals surface area (Å²) in [5, 5.41) is 12.2. The third-order valence-electron chi connectivity index (χ3n) is 3.23. The van der Waals surface area contributed by atoms with Crippen LogP contribution in [0.3, 0.4) is 0 Å². The first-order valence-electron chi connectivity index (χ1n) is 6.65. The molecule has 2 aliphatic heterocycles. The summed E-state index contributed by atoms with van der Waals surface area (Å²) in [4.78, 5) is 16.3. The van der Waals surface area contributed by atoms with Gasteiger partial charge in [0.1, 0.15) is 11.6 Å². The van der Waals surface area contributed by atoms with Gasteiger partial charge in [-0.05, 0) is 48.9 Å². The van der Waals surface area contributed by atoms with Crippen molar-refractivity contribution in [3.05, 3.63) is 34.5 Å². The smallest absolute Gasteiger partial charge is 0.286 e. The minimum absolute atomic E-state index is 0.0677. The van der Waals surface area contributed by atoms with E-state index in [-0.39, 0.29) is 17.2 Å². The molecule has 21 heavy (non-hydrogen) atoms. The highest BCUT2D eigenvalue weighted by molar-refractivity contribution is 8.18. The van der Waals surface area contributed by atoms with Gasteiger partial charge >= 0.3 is 0 Å². The molecule has 0 unspecified atom stereocenters. The van der Waals surface area contributed by atoms with Crippen LogP contribution in [0.5, 0.6) is 5.75 Å². The van der Waals surface area contributed by atoms with Gasteiger partial charge in [0.2, 0.25) is 0 Å². The number of nitrogens with one attached hydrogen (secondary N) is 1. The van der Waals surface area contributed by atoms with Crippen LogP contribution in [0.25, 0.3) is 6.08 Å². The zero-order chi connectivity index (χ0) is 14.8. The van der Waals surface area contributed by atoms with Crippen molar-refractivity contribution in [3.8, 4) is 5.75 Å². The van der Waals surface area contributed by atoms with Crippen molar-refractivity contribution in [2.75, 3.05) is 13.1 Å². The second-order valence-corrected chi connectivity index (χ2v) is 5.79. The van der Waals surface area contributed by atoms with E-state index in [4.69, 9.17) is 0 Å². The highest BCUT2D eigenvalue weighted by atomic mass is 32.2.